The summed E-state index contributed by atoms with van der Waals surface area (Å²) in [4.78, 5) is 38.5. The third-order valence-corrected chi connectivity index (χ3v) is 5.77. The molecule has 2 heterocycles. The van der Waals surface area contributed by atoms with E-state index in [0.717, 1.165) is 12.8 Å². The van der Waals surface area contributed by atoms with Crippen LogP contribution in [0.1, 0.15) is 30.2 Å². The van der Waals surface area contributed by atoms with Gasteiger partial charge in [-0.15, -0.1) is 11.3 Å². The summed E-state index contributed by atoms with van der Waals surface area (Å²) in [6.07, 6.45) is 2.15. The highest BCUT2D eigenvalue weighted by atomic mass is 32.1. The van der Waals surface area contributed by atoms with Gasteiger partial charge in [-0.2, -0.15) is 0 Å². The van der Waals surface area contributed by atoms with Crippen LogP contribution in [0.4, 0.5) is 5.69 Å². The van der Waals surface area contributed by atoms with Crippen molar-refractivity contribution in [2.45, 2.75) is 38.8 Å². The summed E-state index contributed by atoms with van der Waals surface area (Å²) in [6.45, 7) is 2.93. The van der Waals surface area contributed by atoms with Crippen LogP contribution in [0.2, 0.25) is 0 Å². The first-order chi connectivity index (χ1) is 14.0. The highest BCUT2D eigenvalue weighted by Crippen LogP contribution is 2.24. The lowest BCUT2D eigenvalue weighted by Gasteiger charge is -2.30. The van der Waals surface area contributed by atoms with Gasteiger partial charge in [0.2, 0.25) is 5.91 Å². The van der Waals surface area contributed by atoms with E-state index in [0.29, 0.717) is 25.3 Å². The summed E-state index contributed by atoms with van der Waals surface area (Å²) in [6, 6.07) is 6.95. The van der Waals surface area contributed by atoms with E-state index in [1.165, 1.54) is 34.7 Å². The summed E-state index contributed by atoms with van der Waals surface area (Å²) in [7, 11) is 0. The molecule has 1 aromatic carbocycles. The average molecular weight is 417 g/mol. The smallest absolute Gasteiger partial charge is 0.269 e. The Morgan fingerprint density at radius 2 is 2.07 bits per heavy atom. The number of fused-ring (bicyclic) bond motifs is 1. The van der Waals surface area contributed by atoms with E-state index in [9.17, 15) is 19.7 Å². The van der Waals surface area contributed by atoms with Crippen LogP contribution in [0.15, 0.2) is 35.7 Å². The van der Waals surface area contributed by atoms with Gasteiger partial charge < -0.3 is 15.0 Å². The first kappa shape index (κ1) is 20.8. The number of carbonyl (C=O) groups excluding carboxylic acids is 2. The van der Waals surface area contributed by atoms with Gasteiger partial charge in [-0.1, -0.05) is 13.3 Å². The zero-order valence-corrected chi connectivity index (χ0v) is 16.9. The molecule has 3 rings (SSSR count). The molecule has 2 amide bonds. The lowest BCUT2D eigenvalue weighted by molar-refractivity contribution is -0.384. The van der Waals surface area contributed by atoms with Crippen molar-refractivity contribution in [3.63, 3.8) is 0 Å². The molecule has 2 aromatic rings. The standard InChI is InChI=1S/C20H23N3O5S/c1-2-3-17(20(25)22-10-8-18-14(12-22)9-11-29-18)21-19(24)13-28-16-6-4-15(5-7-16)23(26)27/h4-7,9,11,17H,2-3,8,10,12-13H2,1H3,(H,21,24). The molecule has 1 atom stereocenters. The molecular weight excluding hydrogens is 394 g/mol. The summed E-state index contributed by atoms with van der Waals surface area (Å²) >= 11 is 1.71. The SMILES string of the molecule is CCCC(NC(=O)COc1ccc([N+](=O)[O-])cc1)C(=O)N1CCc2sccc2C1. The average Bonchev–Trinajstić information content (AvgIpc) is 3.19. The number of non-ortho nitro benzene ring substituents is 1. The van der Waals surface area contributed by atoms with Crippen LogP contribution >= 0.6 is 11.3 Å². The van der Waals surface area contributed by atoms with Crippen LogP contribution in [0, 0.1) is 10.1 Å². The monoisotopic (exact) mass is 417 g/mol. The Hall–Kier alpha value is -2.94. The summed E-state index contributed by atoms with van der Waals surface area (Å²) in [5.41, 5.74) is 1.13. The molecule has 1 aromatic heterocycles. The Balaban J connectivity index is 1.54. The van der Waals surface area contributed by atoms with Crippen molar-refractivity contribution >= 4 is 28.8 Å². The quantitative estimate of drug-likeness (QED) is 0.526. The molecule has 0 saturated heterocycles. The molecule has 1 aliphatic rings. The van der Waals surface area contributed by atoms with Gasteiger partial charge in [0.1, 0.15) is 11.8 Å². The van der Waals surface area contributed by atoms with Crippen molar-refractivity contribution in [2.75, 3.05) is 13.2 Å². The highest BCUT2D eigenvalue weighted by molar-refractivity contribution is 7.10. The third kappa shape index (κ3) is 5.32. The maximum Gasteiger partial charge on any atom is 0.269 e. The minimum Gasteiger partial charge on any atom is -0.484 e. The van der Waals surface area contributed by atoms with E-state index in [1.54, 1.807) is 16.2 Å². The van der Waals surface area contributed by atoms with Crippen LogP contribution < -0.4 is 10.1 Å². The molecule has 154 valence electrons. The van der Waals surface area contributed by atoms with Crippen molar-refractivity contribution in [3.8, 4) is 5.75 Å². The minimum atomic E-state index is -0.590. The van der Waals surface area contributed by atoms with E-state index in [4.69, 9.17) is 4.74 Å². The van der Waals surface area contributed by atoms with Gasteiger partial charge in [-0.3, -0.25) is 19.7 Å². The predicted octanol–water partition coefficient (Wildman–Crippen LogP) is 2.90. The normalized spacial score (nSPS) is 14.0. The molecule has 1 N–H and O–H groups in total. The van der Waals surface area contributed by atoms with Crippen molar-refractivity contribution in [1.29, 1.82) is 0 Å². The summed E-state index contributed by atoms with van der Waals surface area (Å²) < 4.78 is 5.38. The van der Waals surface area contributed by atoms with Gasteiger partial charge in [0.25, 0.3) is 11.6 Å². The van der Waals surface area contributed by atoms with E-state index >= 15 is 0 Å². The molecule has 8 nitrogen and oxygen atoms in total. The number of nitrogens with zero attached hydrogens (tertiary/aromatic N) is 2. The number of carbonyl (C=O) groups is 2. The highest BCUT2D eigenvalue weighted by Gasteiger charge is 2.28. The molecular formula is C20H23N3O5S. The number of hydrogen-bond donors (Lipinski definition) is 1. The molecule has 0 bridgehead atoms. The van der Waals surface area contributed by atoms with E-state index in [1.807, 2.05) is 18.4 Å². The zero-order valence-electron chi connectivity index (χ0n) is 16.1. The second kappa shape index (κ2) is 9.51. The fourth-order valence-corrected chi connectivity index (χ4v) is 4.14. The number of hydrogen-bond acceptors (Lipinski definition) is 6. The number of amides is 2. The fourth-order valence-electron chi connectivity index (χ4n) is 3.25. The van der Waals surface area contributed by atoms with E-state index in [2.05, 4.69) is 5.32 Å². The van der Waals surface area contributed by atoms with Crippen molar-refractivity contribution in [3.05, 3.63) is 56.3 Å². The molecule has 0 spiro atoms. The number of rotatable bonds is 8. The maximum atomic E-state index is 12.9. The fraction of sp³-hybridized carbons (Fsp3) is 0.400. The molecule has 1 unspecified atom stereocenters. The Kier molecular flexibility index (Phi) is 6.82. The second-order valence-electron chi connectivity index (χ2n) is 6.83. The van der Waals surface area contributed by atoms with Gasteiger partial charge >= 0.3 is 0 Å². The number of nitrogens with one attached hydrogen (secondary N) is 1. The van der Waals surface area contributed by atoms with Gasteiger partial charge in [-0.05, 0) is 42.0 Å². The molecule has 29 heavy (non-hydrogen) atoms. The number of thiophene rings is 1. The molecule has 1 aliphatic heterocycles. The van der Waals surface area contributed by atoms with Crippen LogP contribution in [0.3, 0.4) is 0 Å². The van der Waals surface area contributed by atoms with Crippen molar-refractivity contribution in [2.24, 2.45) is 0 Å². The van der Waals surface area contributed by atoms with E-state index in [-0.39, 0.29) is 18.2 Å². The number of benzene rings is 1. The van der Waals surface area contributed by atoms with Gasteiger partial charge in [-0.25, -0.2) is 0 Å². The summed E-state index contributed by atoms with van der Waals surface area (Å²) in [5, 5.41) is 15.5. The van der Waals surface area contributed by atoms with E-state index < -0.39 is 16.9 Å². The van der Waals surface area contributed by atoms with Gasteiger partial charge in [0.05, 0.1) is 4.92 Å². The van der Waals surface area contributed by atoms with Crippen LogP contribution in [-0.2, 0) is 22.6 Å². The van der Waals surface area contributed by atoms with Crippen LogP contribution in [0.25, 0.3) is 0 Å². The van der Waals surface area contributed by atoms with Gasteiger partial charge in [0, 0.05) is 30.1 Å². The number of nitro benzene ring substituents is 1. The first-order valence-electron chi connectivity index (χ1n) is 9.48. The zero-order chi connectivity index (χ0) is 20.8. The first-order valence-corrected chi connectivity index (χ1v) is 10.4. The number of ether oxygens (including phenoxy) is 1. The lowest BCUT2D eigenvalue weighted by Crippen LogP contribution is -2.50. The Bertz CT molecular complexity index is 880. The molecule has 0 fully saturated rings. The molecule has 9 heteroatoms. The Morgan fingerprint density at radius 3 is 2.76 bits per heavy atom. The number of nitro groups is 1. The van der Waals surface area contributed by atoms with Crippen molar-refractivity contribution < 1.29 is 19.2 Å². The molecule has 0 saturated carbocycles. The largest absolute Gasteiger partial charge is 0.484 e. The minimum absolute atomic E-state index is 0.0503. The summed E-state index contributed by atoms with van der Waals surface area (Å²) in [5.74, 6) is -0.124. The Morgan fingerprint density at radius 1 is 1.31 bits per heavy atom. The topological polar surface area (TPSA) is 102 Å². The molecule has 0 radical (unpaired) electrons. The maximum absolute atomic E-state index is 12.9. The van der Waals surface area contributed by atoms with Crippen LogP contribution in [-0.4, -0.2) is 40.8 Å². The second-order valence-corrected chi connectivity index (χ2v) is 7.83. The van der Waals surface area contributed by atoms with Crippen LogP contribution in [0.5, 0.6) is 5.75 Å². The lowest BCUT2D eigenvalue weighted by atomic mass is 10.1. The predicted molar refractivity (Wildman–Crippen MR) is 109 cm³/mol. The van der Waals surface area contributed by atoms with Crippen molar-refractivity contribution in [1.82, 2.24) is 10.2 Å². The Labute approximate surface area is 172 Å². The van der Waals surface area contributed by atoms with Gasteiger partial charge in [0.15, 0.2) is 6.61 Å². The third-order valence-electron chi connectivity index (χ3n) is 4.75. The molecule has 0 aliphatic carbocycles.